The van der Waals surface area contributed by atoms with E-state index >= 15 is 0 Å². The zero-order valence-electron chi connectivity index (χ0n) is 7.69. The Morgan fingerprint density at radius 3 is 1.90 bits per heavy atom. The largest absolute Gasteiger partial charge is 0.300 e. The lowest BCUT2D eigenvalue weighted by molar-refractivity contribution is -0.121. The third-order valence-corrected chi connectivity index (χ3v) is 1.61. The summed E-state index contributed by atoms with van der Waals surface area (Å²) < 4.78 is 0. The van der Waals surface area contributed by atoms with E-state index < -0.39 is 0 Å². The molecule has 0 aliphatic carbocycles. The van der Waals surface area contributed by atoms with Gasteiger partial charge in [-0.1, -0.05) is 27.7 Å². The van der Waals surface area contributed by atoms with Crippen LogP contribution in [0.25, 0.3) is 0 Å². The maximum absolute atomic E-state index is 10.8. The highest BCUT2D eigenvalue weighted by molar-refractivity contribution is 5.77. The van der Waals surface area contributed by atoms with Gasteiger partial charge in [0.25, 0.3) is 0 Å². The molecule has 0 saturated heterocycles. The summed E-state index contributed by atoms with van der Waals surface area (Å²) in [5.41, 5.74) is 0.283. The lowest BCUT2D eigenvalue weighted by Crippen LogP contribution is -2.16. The third kappa shape index (κ3) is 4.54. The molecule has 1 unspecified atom stereocenters. The van der Waals surface area contributed by atoms with Gasteiger partial charge in [0.15, 0.2) is 0 Å². The Morgan fingerprint density at radius 1 is 1.40 bits per heavy atom. The van der Waals surface area contributed by atoms with Crippen molar-refractivity contribution >= 4 is 5.78 Å². The van der Waals surface area contributed by atoms with E-state index in [2.05, 4.69) is 20.8 Å². The smallest absolute Gasteiger partial charge is 0.132 e. The molecule has 0 amide bonds. The second kappa shape index (κ2) is 3.18. The first-order valence-corrected chi connectivity index (χ1v) is 3.83. The fraction of sp³-hybridized carbons (Fsp3) is 0.889. The van der Waals surface area contributed by atoms with Gasteiger partial charge in [0.1, 0.15) is 5.78 Å². The average molecular weight is 142 g/mol. The molecule has 0 spiro atoms. The minimum Gasteiger partial charge on any atom is -0.300 e. The van der Waals surface area contributed by atoms with Crippen LogP contribution in [-0.2, 0) is 4.79 Å². The lowest BCUT2D eigenvalue weighted by atomic mass is 9.84. The molecule has 1 atom stereocenters. The van der Waals surface area contributed by atoms with E-state index in [9.17, 15) is 4.79 Å². The van der Waals surface area contributed by atoms with E-state index in [-0.39, 0.29) is 11.3 Å². The monoisotopic (exact) mass is 142 g/mol. The van der Waals surface area contributed by atoms with Crippen LogP contribution in [0.5, 0.6) is 0 Å². The average Bonchev–Trinajstić information content (AvgIpc) is 1.60. The molecular formula is C9H18O. The molecule has 10 heavy (non-hydrogen) atoms. The molecule has 0 heterocycles. The molecule has 60 valence electrons. The van der Waals surface area contributed by atoms with Gasteiger partial charge in [0.05, 0.1) is 0 Å². The molecule has 0 bridgehead atoms. The fourth-order valence-electron chi connectivity index (χ4n) is 1.06. The number of hydrogen-bond acceptors (Lipinski definition) is 1. The Labute approximate surface area is 63.8 Å². The molecule has 0 aromatic rings. The van der Waals surface area contributed by atoms with Gasteiger partial charge in [0, 0.05) is 5.92 Å². The fourth-order valence-corrected chi connectivity index (χ4v) is 1.06. The van der Waals surface area contributed by atoms with Crippen molar-refractivity contribution in [1.82, 2.24) is 0 Å². The molecule has 0 fully saturated rings. The molecule has 0 saturated carbocycles. The first kappa shape index (κ1) is 9.67. The van der Waals surface area contributed by atoms with Crippen LogP contribution in [0.4, 0.5) is 0 Å². The van der Waals surface area contributed by atoms with Crippen LogP contribution in [0.1, 0.15) is 41.0 Å². The zero-order chi connectivity index (χ0) is 8.36. The van der Waals surface area contributed by atoms with Crippen LogP contribution in [0.2, 0.25) is 0 Å². The van der Waals surface area contributed by atoms with Gasteiger partial charge in [-0.15, -0.1) is 0 Å². The van der Waals surface area contributed by atoms with Crippen molar-refractivity contribution in [2.24, 2.45) is 11.3 Å². The van der Waals surface area contributed by atoms with E-state index in [1.807, 2.05) is 6.92 Å². The number of Topliss-reactive ketones (excluding diaryl/α,β-unsaturated/α-hetero) is 1. The molecular weight excluding hydrogens is 124 g/mol. The highest BCUT2D eigenvalue weighted by Crippen LogP contribution is 2.24. The third-order valence-electron chi connectivity index (χ3n) is 1.61. The topological polar surface area (TPSA) is 17.1 Å². The Morgan fingerprint density at radius 2 is 1.80 bits per heavy atom. The Balaban J connectivity index is 3.80. The minimum atomic E-state index is 0.222. The predicted octanol–water partition coefficient (Wildman–Crippen LogP) is 2.65. The van der Waals surface area contributed by atoms with E-state index in [1.165, 1.54) is 0 Å². The standard InChI is InChI=1S/C9H18O/c1-7(8(2)10)6-9(3,4)5/h7H,6H2,1-5H3. The van der Waals surface area contributed by atoms with Gasteiger partial charge in [-0.25, -0.2) is 0 Å². The maximum Gasteiger partial charge on any atom is 0.132 e. The van der Waals surface area contributed by atoms with Gasteiger partial charge in [-0.3, -0.25) is 4.79 Å². The number of carbonyl (C=O) groups is 1. The SMILES string of the molecule is CC(=O)C(C)CC(C)(C)C. The Kier molecular flexibility index (Phi) is 3.07. The molecule has 0 N–H and O–H groups in total. The van der Waals surface area contributed by atoms with Crippen LogP contribution in [0, 0.1) is 11.3 Å². The predicted molar refractivity (Wildman–Crippen MR) is 43.9 cm³/mol. The summed E-state index contributed by atoms with van der Waals surface area (Å²) in [5.74, 6) is 0.523. The van der Waals surface area contributed by atoms with E-state index in [1.54, 1.807) is 6.92 Å². The van der Waals surface area contributed by atoms with Crippen molar-refractivity contribution in [3.8, 4) is 0 Å². The van der Waals surface area contributed by atoms with Crippen LogP contribution in [-0.4, -0.2) is 5.78 Å². The van der Waals surface area contributed by atoms with Crippen molar-refractivity contribution in [1.29, 1.82) is 0 Å². The summed E-state index contributed by atoms with van der Waals surface area (Å²) in [6, 6.07) is 0. The zero-order valence-corrected chi connectivity index (χ0v) is 7.69. The summed E-state index contributed by atoms with van der Waals surface area (Å²) in [4.78, 5) is 10.8. The van der Waals surface area contributed by atoms with E-state index in [0.29, 0.717) is 5.78 Å². The van der Waals surface area contributed by atoms with Gasteiger partial charge in [0.2, 0.25) is 0 Å². The quantitative estimate of drug-likeness (QED) is 0.579. The van der Waals surface area contributed by atoms with E-state index in [4.69, 9.17) is 0 Å². The van der Waals surface area contributed by atoms with Crippen molar-refractivity contribution in [2.75, 3.05) is 0 Å². The van der Waals surface area contributed by atoms with Crippen LogP contribution >= 0.6 is 0 Å². The number of carbonyl (C=O) groups excluding carboxylic acids is 1. The normalized spacial score (nSPS) is 14.9. The maximum atomic E-state index is 10.8. The molecule has 0 aromatic heterocycles. The van der Waals surface area contributed by atoms with Crippen LogP contribution < -0.4 is 0 Å². The van der Waals surface area contributed by atoms with Crippen LogP contribution in [0.3, 0.4) is 0 Å². The summed E-state index contributed by atoms with van der Waals surface area (Å²) in [7, 11) is 0. The molecule has 0 radical (unpaired) electrons. The van der Waals surface area contributed by atoms with Crippen molar-refractivity contribution in [2.45, 2.75) is 41.0 Å². The molecule has 1 heteroatoms. The number of hydrogen-bond donors (Lipinski definition) is 0. The number of rotatable bonds is 2. The summed E-state index contributed by atoms with van der Waals surface area (Å²) in [6.07, 6.45) is 0.988. The van der Waals surface area contributed by atoms with Gasteiger partial charge >= 0.3 is 0 Å². The molecule has 0 rings (SSSR count). The van der Waals surface area contributed by atoms with E-state index in [0.717, 1.165) is 6.42 Å². The molecule has 1 nitrogen and oxygen atoms in total. The van der Waals surface area contributed by atoms with Gasteiger partial charge < -0.3 is 0 Å². The highest BCUT2D eigenvalue weighted by Gasteiger charge is 2.17. The summed E-state index contributed by atoms with van der Waals surface area (Å²) in [5, 5.41) is 0. The molecule has 0 aliphatic heterocycles. The second-order valence-electron chi connectivity index (χ2n) is 4.28. The lowest BCUT2D eigenvalue weighted by Gasteiger charge is -2.21. The minimum absolute atomic E-state index is 0.222. The summed E-state index contributed by atoms with van der Waals surface area (Å²) >= 11 is 0. The van der Waals surface area contributed by atoms with Crippen molar-refractivity contribution in [3.05, 3.63) is 0 Å². The van der Waals surface area contributed by atoms with Gasteiger partial charge in [-0.05, 0) is 18.8 Å². The van der Waals surface area contributed by atoms with Crippen LogP contribution in [0.15, 0.2) is 0 Å². The Hall–Kier alpha value is -0.330. The van der Waals surface area contributed by atoms with Crippen molar-refractivity contribution < 1.29 is 4.79 Å². The second-order valence-corrected chi connectivity index (χ2v) is 4.28. The number of ketones is 1. The Bertz CT molecular complexity index is 119. The van der Waals surface area contributed by atoms with Crippen molar-refractivity contribution in [3.63, 3.8) is 0 Å². The molecule has 0 aliphatic rings. The first-order valence-electron chi connectivity index (χ1n) is 3.83. The summed E-state index contributed by atoms with van der Waals surface area (Å²) in [6.45, 7) is 10.1. The highest BCUT2D eigenvalue weighted by atomic mass is 16.1. The first-order chi connectivity index (χ1) is 4.33. The molecule has 0 aromatic carbocycles. The van der Waals surface area contributed by atoms with Gasteiger partial charge in [-0.2, -0.15) is 0 Å².